The standard InChI is InChI=1S/C12H21N3O/c1-4-9-15-11(5-8-14-15)12(16)6-7-13-10(2)3/h5,8,10,13H,4,6-7,9H2,1-3H3. The van der Waals surface area contributed by atoms with Crippen molar-refractivity contribution in [2.24, 2.45) is 0 Å². The Morgan fingerprint density at radius 3 is 2.94 bits per heavy atom. The van der Waals surface area contributed by atoms with Crippen LogP contribution in [0.2, 0.25) is 0 Å². The summed E-state index contributed by atoms with van der Waals surface area (Å²) < 4.78 is 1.79. The fourth-order valence-corrected chi connectivity index (χ4v) is 1.56. The molecule has 0 aromatic carbocycles. The normalized spacial score (nSPS) is 11.0. The maximum absolute atomic E-state index is 11.9. The summed E-state index contributed by atoms with van der Waals surface area (Å²) in [6.07, 6.45) is 3.22. The predicted molar refractivity (Wildman–Crippen MR) is 64.6 cm³/mol. The molecule has 1 N–H and O–H groups in total. The Bertz CT molecular complexity index is 331. The molecular formula is C12H21N3O. The Morgan fingerprint density at radius 2 is 2.31 bits per heavy atom. The molecular weight excluding hydrogens is 202 g/mol. The first-order valence-corrected chi connectivity index (χ1v) is 5.93. The molecule has 1 heterocycles. The molecule has 0 saturated carbocycles. The van der Waals surface area contributed by atoms with Crippen molar-refractivity contribution < 1.29 is 4.79 Å². The molecule has 0 unspecified atom stereocenters. The highest BCUT2D eigenvalue weighted by atomic mass is 16.1. The second kappa shape index (κ2) is 6.43. The van der Waals surface area contributed by atoms with Crippen LogP contribution < -0.4 is 5.32 Å². The summed E-state index contributed by atoms with van der Waals surface area (Å²) >= 11 is 0. The van der Waals surface area contributed by atoms with Gasteiger partial charge in [-0.2, -0.15) is 5.10 Å². The van der Waals surface area contributed by atoms with Crippen LogP contribution in [0.15, 0.2) is 12.3 Å². The van der Waals surface area contributed by atoms with Gasteiger partial charge >= 0.3 is 0 Å². The monoisotopic (exact) mass is 223 g/mol. The second-order valence-corrected chi connectivity index (χ2v) is 4.22. The Labute approximate surface area is 97.0 Å². The van der Waals surface area contributed by atoms with Crippen LogP contribution in [0.4, 0.5) is 0 Å². The van der Waals surface area contributed by atoms with Crippen LogP contribution in [0.5, 0.6) is 0 Å². The van der Waals surface area contributed by atoms with Gasteiger partial charge in [-0.3, -0.25) is 9.48 Å². The van der Waals surface area contributed by atoms with E-state index in [2.05, 4.69) is 31.2 Å². The maximum Gasteiger partial charge on any atom is 0.182 e. The van der Waals surface area contributed by atoms with E-state index in [9.17, 15) is 4.79 Å². The van der Waals surface area contributed by atoms with Crippen molar-refractivity contribution in [3.05, 3.63) is 18.0 Å². The fourth-order valence-electron chi connectivity index (χ4n) is 1.56. The minimum absolute atomic E-state index is 0.166. The predicted octanol–water partition coefficient (Wildman–Crippen LogP) is 1.86. The summed E-state index contributed by atoms with van der Waals surface area (Å²) in [5.74, 6) is 0.166. The number of Topliss-reactive ketones (excluding diaryl/α,β-unsaturated/α-hetero) is 1. The highest BCUT2D eigenvalue weighted by molar-refractivity contribution is 5.94. The number of rotatable bonds is 7. The second-order valence-electron chi connectivity index (χ2n) is 4.22. The summed E-state index contributed by atoms with van der Waals surface area (Å²) in [7, 11) is 0. The summed E-state index contributed by atoms with van der Waals surface area (Å²) in [5, 5.41) is 7.38. The van der Waals surface area contributed by atoms with Crippen molar-refractivity contribution in [3.8, 4) is 0 Å². The molecule has 0 bridgehead atoms. The van der Waals surface area contributed by atoms with E-state index in [1.165, 1.54) is 0 Å². The van der Waals surface area contributed by atoms with Gasteiger partial charge in [0.15, 0.2) is 5.78 Å². The first-order chi connectivity index (χ1) is 7.65. The number of hydrogen-bond donors (Lipinski definition) is 1. The first kappa shape index (κ1) is 12.9. The van der Waals surface area contributed by atoms with Gasteiger partial charge < -0.3 is 5.32 Å². The van der Waals surface area contributed by atoms with Crippen molar-refractivity contribution in [2.75, 3.05) is 6.54 Å². The van der Waals surface area contributed by atoms with Crippen LogP contribution in [0.3, 0.4) is 0 Å². The maximum atomic E-state index is 11.9. The molecule has 0 saturated heterocycles. The lowest BCUT2D eigenvalue weighted by Gasteiger charge is -2.08. The van der Waals surface area contributed by atoms with Gasteiger partial charge in [-0.15, -0.1) is 0 Å². The Hall–Kier alpha value is -1.16. The highest BCUT2D eigenvalue weighted by Gasteiger charge is 2.10. The first-order valence-electron chi connectivity index (χ1n) is 5.93. The summed E-state index contributed by atoms with van der Waals surface area (Å²) in [6, 6.07) is 2.22. The number of aromatic nitrogens is 2. The molecule has 4 nitrogen and oxygen atoms in total. The summed E-state index contributed by atoms with van der Waals surface area (Å²) in [6.45, 7) is 7.77. The van der Waals surface area contributed by atoms with Gasteiger partial charge in [0.1, 0.15) is 5.69 Å². The van der Waals surface area contributed by atoms with E-state index >= 15 is 0 Å². The smallest absolute Gasteiger partial charge is 0.182 e. The van der Waals surface area contributed by atoms with Crippen molar-refractivity contribution in [3.63, 3.8) is 0 Å². The zero-order chi connectivity index (χ0) is 12.0. The number of carbonyl (C=O) groups excluding carboxylic acids is 1. The Morgan fingerprint density at radius 1 is 1.56 bits per heavy atom. The van der Waals surface area contributed by atoms with Crippen LogP contribution in [-0.4, -0.2) is 28.2 Å². The van der Waals surface area contributed by atoms with E-state index in [1.54, 1.807) is 16.9 Å². The SMILES string of the molecule is CCCn1nccc1C(=O)CCNC(C)C. The molecule has 90 valence electrons. The van der Waals surface area contributed by atoms with Gasteiger partial charge in [-0.1, -0.05) is 20.8 Å². The molecule has 4 heteroatoms. The third-order valence-corrected chi connectivity index (χ3v) is 2.34. The van der Waals surface area contributed by atoms with Crippen molar-refractivity contribution in [1.29, 1.82) is 0 Å². The number of nitrogens with zero attached hydrogens (tertiary/aromatic N) is 2. The average molecular weight is 223 g/mol. The minimum atomic E-state index is 0.166. The molecule has 0 atom stereocenters. The lowest BCUT2D eigenvalue weighted by Crippen LogP contribution is -2.26. The van der Waals surface area contributed by atoms with Crippen LogP contribution in [0, 0.1) is 0 Å². The zero-order valence-corrected chi connectivity index (χ0v) is 10.4. The number of carbonyl (C=O) groups is 1. The Balaban J connectivity index is 2.49. The quantitative estimate of drug-likeness (QED) is 0.718. The molecule has 1 aromatic rings. The molecule has 0 amide bonds. The van der Waals surface area contributed by atoms with Gasteiger partial charge in [0.25, 0.3) is 0 Å². The van der Waals surface area contributed by atoms with Gasteiger partial charge in [-0.25, -0.2) is 0 Å². The number of aryl methyl sites for hydroxylation is 1. The van der Waals surface area contributed by atoms with Crippen molar-refractivity contribution >= 4 is 5.78 Å². The third-order valence-electron chi connectivity index (χ3n) is 2.34. The lowest BCUT2D eigenvalue weighted by molar-refractivity contribution is 0.0971. The molecule has 1 aromatic heterocycles. The van der Waals surface area contributed by atoms with E-state index < -0.39 is 0 Å². The minimum Gasteiger partial charge on any atom is -0.314 e. The van der Waals surface area contributed by atoms with Gasteiger partial charge in [-0.05, 0) is 12.5 Å². The van der Waals surface area contributed by atoms with Crippen molar-refractivity contribution in [1.82, 2.24) is 15.1 Å². The van der Waals surface area contributed by atoms with Crippen LogP contribution in [0.25, 0.3) is 0 Å². The van der Waals surface area contributed by atoms with E-state index in [1.807, 2.05) is 0 Å². The average Bonchev–Trinajstić information content (AvgIpc) is 2.66. The molecule has 1 rings (SSSR count). The largest absolute Gasteiger partial charge is 0.314 e. The lowest BCUT2D eigenvalue weighted by atomic mass is 10.2. The third kappa shape index (κ3) is 3.77. The number of nitrogens with one attached hydrogen (secondary N) is 1. The molecule has 0 radical (unpaired) electrons. The molecule has 0 aliphatic carbocycles. The zero-order valence-electron chi connectivity index (χ0n) is 10.4. The number of hydrogen-bond acceptors (Lipinski definition) is 3. The van der Waals surface area contributed by atoms with E-state index in [0.717, 1.165) is 25.2 Å². The Kier molecular flexibility index (Phi) is 5.19. The summed E-state index contributed by atoms with van der Waals surface area (Å²) in [5.41, 5.74) is 0.729. The van der Waals surface area contributed by atoms with Gasteiger partial charge in [0, 0.05) is 31.7 Å². The van der Waals surface area contributed by atoms with E-state index in [0.29, 0.717) is 12.5 Å². The summed E-state index contributed by atoms with van der Waals surface area (Å²) in [4.78, 5) is 11.9. The van der Waals surface area contributed by atoms with Crippen LogP contribution in [-0.2, 0) is 6.54 Å². The van der Waals surface area contributed by atoms with E-state index in [4.69, 9.17) is 0 Å². The molecule has 16 heavy (non-hydrogen) atoms. The van der Waals surface area contributed by atoms with E-state index in [-0.39, 0.29) is 5.78 Å². The number of ketones is 1. The fraction of sp³-hybridized carbons (Fsp3) is 0.667. The van der Waals surface area contributed by atoms with Gasteiger partial charge in [0.2, 0.25) is 0 Å². The molecule has 0 spiro atoms. The highest BCUT2D eigenvalue weighted by Crippen LogP contribution is 2.04. The topological polar surface area (TPSA) is 46.9 Å². The van der Waals surface area contributed by atoms with Crippen LogP contribution >= 0.6 is 0 Å². The molecule has 0 fully saturated rings. The van der Waals surface area contributed by atoms with Gasteiger partial charge in [0.05, 0.1) is 0 Å². The van der Waals surface area contributed by atoms with Crippen LogP contribution in [0.1, 0.15) is 44.1 Å². The van der Waals surface area contributed by atoms with Crippen molar-refractivity contribution in [2.45, 2.75) is 46.2 Å². The molecule has 0 aliphatic rings. The molecule has 0 aliphatic heterocycles.